The predicted octanol–water partition coefficient (Wildman–Crippen LogP) is -0.454. The minimum atomic E-state index is -1.20. The zero-order chi connectivity index (χ0) is 13.3. The first-order valence-corrected chi connectivity index (χ1v) is 5.18. The Morgan fingerprint density at radius 2 is 2.00 bits per heavy atom. The maximum absolute atomic E-state index is 11.1. The Morgan fingerprint density at radius 3 is 2.47 bits per heavy atom. The molecule has 0 unspecified atom stereocenters. The number of nitrogens with one attached hydrogen (secondary N) is 1. The molecule has 17 heavy (non-hydrogen) atoms. The van der Waals surface area contributed by atoms with Gasteiger partial charge in [-0.05, 0) is 13.3 Å². The van der Waals surface area contributed by atoms with Crippen LogP contribution in [0.25, 0.3) is 0 Å². The molecule has 0 radical (unpaired) electrons. The molecule has 2 N–H and O–H groups in total. The molecule has 0 saturated carbocycles. The van der Waals surface area contributed by atoms with E-state index in [1.807, 2.05) is 0 Å². The normalized spacial score (nSPS) is 11.6. The monoisotopic (exact) mass is 247 g/mol. The highest BCUT2D eigenvalue weighted by Gasteiger charge is 2.21. The molecule has 98 valence electrons. The third-order valence-corrected chi connectivity index (χ3v) is 1.85. The van der Waals surface area contributed by atoms with Crippen LogP contribution in [-0.4, -0.2) is 49.3 Å². The zero-order valence-electron chi connectivity index (χ0n) is 9.89. The van der Waals surface area contributed by atoms with Crippen molar-refractivity contribution in [2.24, 2.45) is 0 Å². The average Bonchev–Trinajstić information content (AvgIpc) is 2.24. The van der Waals surface area contributed by atoms with Crippen LogP contribution in [0.2, 0.25) is 0 Å². The average molecular weight is 247 g/mol. The van der Waals surface area contributed by atoms with E-state index in [4.69, 9.17) is 5.11 Å². The molecule has 0 aliphatic carbocycles. The number of ether oxygens (including phenoxy) is 2. The Kier molecular flexibility index (Phi) is 7.70. The minimum Gasteiger partial charge on any atom is -0.480 e. The largest absolute Gasteiger partial charge is 0.480 e. The van der Waals surface area contributed by atoms with Gasteiger partial charge >= 0.3 is 11.9 Å². The first-order valence-electron chi connectivity index (χ1n) is 5.18. The molecule has 1 amide bonds. The van der Waals surface area contributed by atoms with Crippen molar-refractivity contribution in [3.8, 4) is 0 Å². The van der Waals surface area contributed by atoms with Crippen molar-refractivity contribution in [2.45, 2.75) is 25.8 Å². The minimum absolute atomic E-state index is 0.0103. The first-order chi connectivity index (χ1) is 8.01. The summed E-state index contributed by atoms with van der Waals surface area (Å²) in [5, 5.41) is 11.1. The van der Waals surface area contributed by atoms with Crippen molar-refractivity contribution in [2.75, 3.05) is 20.3 Å². The smallest absolute Gasteiger partial charge is 0.326 e. The van der Waals surface area contributed by atoms with Crippen LogP contribution in [0, 0.1) is 0 Å². The Balaban J connectivity index is 4.11. The van der Waals surface area contributed by atoms with Crippen LogP contribution in [0.15, 0.2) is 0 Å². The lowest BCUT2D eigenvalue weighted by molar-refractivity contribution is -0.145. The topological polar surface area (TPSA) is 102 Å². The van der Waals surface area contributed by atoms with Gasteiger partial charge in [-0.3, -0.25) is 9.59 Å². The fourth-order valence-corrected chi connectivity index (χ4v) is 1.12. The summed E-state index contributed by atoms with van der Waals surface area (Å²) in [4.78, 5) is 32.9. The van der Waals surface area contributed by atoms with Gasteiger partial charge in [0.15, 0.2) is 0 Å². The molecule has 0 aromatic carbocycles. The summed E-state index contributed by atoms with van der Waals surface area (Å²) >= 11 is 0. The van der Waals surface area contributed by atoms with Gasteiger partial charge in [0.25, 0.3) is 0 Å². The molecule has 0 saturated heterocycles. The summed E-state index contributed by atoms with van der Waals surface area (Å²) in [6, 6.07) is -1.11. The van der Waals surface area contributed by atoms with Crippen LogP contribution in [-0.2, 0) is 23.9 Å². The lowest BCUT2D eigenvalue weighted by Gasteiger charge is -2.13. The van der Waals surface area contributed by atoms with Gasteiger partial charge in [-0.25, -0.2) is 4.79 Å². The summed E-state index contributed by atoms with van der Waals surface area (Å²) in [5.41, 5.74) is 0. The van der Waals surface area contributed by atoms with Crippen LogP contribution < -0.4 is 5.32 Å². The van der Waals surface area contributed by atoms with Crippen LogP contribution in [0.1, 0.15) is 19.8 Å². The highest BCUT2D eigenvalue weighted by molar-refractivity contribution is 5.84. The summed E-state index contributed by atoms with van der Waals surface area (Å²) < 4.78 is 9.21. The van der Waals surface area contributed by atoms with Gasteiger partial charge in [-0.15, -0.1) is 0 Å². The number of carboxylic acid groups (broad SMARTS) is 1. The molecule has 0 spiro atoms. The van der Waals surface area contributed by atoms with Crippen LogP contribution in [0.3, 0.4) is 0 Å². The number of hydrogen-bond donors (Lipinski definition) is 2. The summed E-state index contributed by atoms with van der Waals surface area (Å²) in [5.74, 6) is -2.22. The SMILES string of the molecule is CCOC(=O)CC[C@H](NC(=O)COC)C(=O)O. The molecule has 0 aromatic heterocycles. The molecular formula is C10H17NO6. The number of carboxylic acids is 1. The van der Waals surface area contributed by atoms with Crippen LogP contribution >= 0.6 is 0 Å². The summed E-state index contributed by atoms with van der Waals surface area (Å²) in [6.07, 6.45) is -0.0678. The van der Waals surface area contributed by atoms with Crippen molar-refractivity contribution in [3.63, 3.8) is 0 Å². The number of methoxy groups -OCH3 is 1. The summed E-state index contributed by atoms with van der Waals surface area (Å²) in [6.45, 7) is 1.68. The molecule has 7 nitrogen and oxygen atoms in total. The summed E-state index contributed by atoms with van der Waals surface area (Å²) in [7, 11) is 1.33. The molecule has 0 heterocycles. The lowest BCUT2D eigenvalue weighted by Crippen LogP contribution is -2.42. The van der Waals surface area contributed by atoms with Crippen LogP contribution in [0.5, 0.6) is 0 Å². The van der Waals surface area contributed by atoms with Crippen molar-refractivity contribution in [3.05, 3.63) is 0 Å². The van der Waals surface area contributed by atoms with E-state index in [1.165, 1.54) is 7.11 Å². The van der Waals surface area contributed by atoms with E-state index < -0.39 is 23.9 Å². The standard InChI is InChI=1S/C10H17NO6/c1-3-17-9(13)5-4-7(10(14)15)11-8(12)6-16-2/h7H,3-6H2,1-2H3,(H,11,12)(H,14,15)/t7-/m0/s1. The second-order valence-electron chi connectivity index (χ2n) is 3.24. The molecule has 7 heteroatoms. The number of hydrogen-bond acceptors (Lipinski definition) is 5. The van der Waals surface area contributed by atoms with Gasteiger partial charge in [0.2, 0.25) is 5.91 Å². The van der Waals surface area contributed by atoms with E-state index in [0.717, 1.165) is 0 Å². The third-order valence-electron chi connectivity index (χ3n) is 1.85. The molecule has 0 aromatic rings. The molecule has 0 rings (SSSR count). The number of amides is 1. The maximum atomic E-state index is 11.1. The Bertz CT molecular complexity index is 278. The second kappa shape index (κ2) is 8.51. The molecule has 0 aliphatic rings. The Labute approximate surface area is 99.1 Å². The van der Waals surface area contributed by atoms with E-state index in [9.17, 15) is 14.4 Å². The number of rotatable bonds is 8. The van der Waals surface area contributed by atoms with Gasteiger partial charge in [0.1, 0.15) is 12.6 Å². The second-order valence-corrected chi connectivity index (χ2v) is 3.24. The molecule has 0 aliphatic heterocycles. The van der Waals surface area contributed by atoms with Crippen molar-refractivity contribution >= 4 is 17.8 Å². The van der Waals surface area contributed by atoms with Crippen molar-refractivity contribution in [1.29, 1.82) is 0 Å². The van der Waals surface area contributed by atoms with Gasteiger partial charge in [0.05, 0.1) is 6.61 Å². The molecule has 0 fully saturated rings. The van der Waals surface area contributed by atoms with E-state index in [0.29, 0.717) is 0 Å². The zero-order valence-corrected chi connectivity index (χ0v) is 9.89. The van der Waals surface area contributed by atoms with E-state index >= 15 is 0 Å². The van der Waals surface area contributed by atoms with E-state index in [1.54, 1.807) is 6.92 Å². The van der Waals surface area contributed by atoms with Crippen molar-refractivity contribution < 1.29 is 29.0 Å². The first kappa shape index (κ1) is 15.4. The predicted molar refractivity (Wildman–Crippen MR) is 57.3 cm³/mol. The fourth-order valence-electron chi connectivity index (χ4n) is 1.12. The molecular weight excluding hydrogens is 230 g/mol. The highest BCUT2D eigenvalue weighted by Crippen LogP contribution is 2.00. The Morgan fingerprint density at radius 1 is 1.35 bits per heavy atom. The van der Waals surface area contributed by atoms with Gasteiger partial charge in [-0.1, -0.05) is 0 Å². The number of carbonyl (C=O) groups excluding carboxylic acids is 2. The molecule has 0 bridgehead atoms. The van der Waals surface area contributed by atoms with Crippen LogP contribution in [0.4, 0.5) is 0 Å². The number of esters is 1. The Hall–Kier alpha value is -1.63. The number of aliphatic carboxylic acids is 1. The van der Waals surface area contributed by atoms with Crippen molar-refractivity contribution in [1.82, 2.24) is 5.32 Å². The van der Waals surface area contributed by atoms with Gasteiger partial charge in [0, 0.05) is 13.5 Å². The quantitative estimate of drug-likeness (QED) is 0.563. The third kappa shape index (κ3) is 7.29. The molecule has 1 atom stereocenters. The fraction of sp³-hybridized carbons (Fsp3) is 0.700. The number of carbonyl (C=O) groups is 3. The van der Waals surface area contributed by atoms with E-state index in [2.05, 4.69) is 14.8 Å². The van der Waals surface area contributed by atoms with Gasteiger partial charge in [-0.2, -0.15) is 0 Å². The highest BCUT2D eigenvalue weighted by atomic mass is 16.5. The van der Waals surface area contributed by atoms with Gasteiger partial charge < -0.3 is 19.9 Å². The maximum Gasteiger partial charge on any atom is 0.326 e. The van der Waals surface area contributed by atoms with E-state index in [-0.39, 0.29) is 26.1 Å². The lowest BCUT2D eigenvalue weighted by atomic mass is 10.1.